The summed E-state index contributed by atoms with van der Waals surface area (Å²) in [6.45, 7) is 3.91. The maximum Gasteiger partial charge on any atom is 0.206 e. The van der Waals surface area contributed by atoms with E-state index in [1.165, 1.54) is 0 Å². The summed E-state index contributed by atoms with van der Waals surface area (Å²) in [5.41, 5.74) is -0.270. The number of hydrogen-bond donors (Lipinski definition) is 1. The van der Waals surface area contributed by atoms with Crippen LogP contribution in [-0.2, 0) is 0 Å². The molecule has 2 heterocycles. The van der Waals surface area contributed by atoms with Crippen LogP contribution in [0.1, 0.15) is 43.2 Å². The van der Waals surface area contributed by atoms with Gasteiger partial charge in [0.15, 0.2) is 5.76 Å². The van der Waals surface area contributed by atoms with Gasteiger partial charge in [-0.1, -0.05) is 13.3 Å². The van der Waals surface area contributed by atoms with E-state index in [1.54, 1.807) is 12.3 Å². The number of rotatable bonds is 4. The predicted molar refractivity (Wildman–Crippen MR) is 70.2 cm³/mol. The van der Waals surface area contributed by atoms with Crippen molar-refractivity contribution in [3.05, 3.63) is 22.6 Å². The molecule has 0 saturated carbocycles. The maximum absolute atomic E-state index is 12.6. The van der Waals surface area contributed by atoms with Crippen LogP contribution in [0.25, 0.3) is 0 Å². The van der Waals surface area contributed by atoms with Gasteiger partial charge in [-0.15, -0.1) is 0 Å². The summed E-state index contributed by atoms with van der Waals surface area (Å²) in [6, 6.07) is 1.78. The summed E-state index contributed by atoms with van der Waals surface area (Å²) in [6.07, 6.45) is 5.52. The molecule has 0 radical (unpaired) electrons. The fourth-order valence-electron chi connectivity index (χ4n) is 2.66. The minimum absolute atomic E-state index is 0.142. The third-order valence-electron chi connectivity index (χ3n) is 3.51. The lowest BCUT2D eigenvalue weighted by molar-refractivity contribution is 0.0685. The highest BCUT2D eigenvalue weighted by atomic mass is 79.9. The quantitative estimate of drug-likeness (QED) is 0.867. The zero-order chi connectivity index (χ0) is 12.3. The predicted octanol–water partition coefficient (Wildman–Crippen LogP) is 3.39. The zero-order valence-corrected chi connectivity index (χ0v) is 11.7. The van der Waals surface area contributed by atoms with Crippen LogP contribution in [-0.4, -0.2) is 18.9 Å². The molecule has 0 bridgehead atoms. The van der Waals surface area contributed by atoms with Gasteiger partial charge in [0, 0.05) is 12.0 Å². The van der Waals surface area contributed by atoms with Gasteiger partial charge in [-0.25, -0.2) is 0 Å². The molecule has 0 spiro atoms. The third kappa shape index (κ3) is 2.47. The van der Waals surface area contributed by atoms with Crippen LogP contribution in [0, 0.1) is 5.41 Å². The molecule has 0 amide bonds. The molecule has 0 aromatic carbocycles. The fraction of sp³-hybridized carbons (Fsp3) is 0.615. The first-order chi connectivity index (χ1) is 8.19. The minimum Gasteiger partial charge on any atom is -0.460 e. The highest BCUT2D eigenvalue weighted by molar-refractivity contribution is 9.10. The van der Waals surface area contributed by atoms with E-state index in [0.29, 0.717) is 5.76 Å². The molecule has 17 heavy (non-hydrogen) atoms. The Labute approximate surface area is 110 Å². The second kappa shape index (κ2) is 5.36. The Balaban J connectivity index is 2.27. The molecular formula is C13H18BrNO2. The first-order valence-corrected chi connectivity index (χ1v) is 6.97. The summed E-state index contributed by atoms with van der Waals surface area (Å²) < 4.78 is 6.09. The van der Waals surface area contributed by atoms with Crippen LogP contribution in [0.4, 0.5) is 0 Å². The van der Waals surface area contributed by atoms with E-state index >= 15 is 0 Å². The lowest BCUT2D eigenvalue weighted by Gasteiger charge is -2.35. The number of nitrogens with one attached hydrogen (secondary N) is 1. The Morgan fingerprint density at radius 2 is 2.47 bits per heavy atom. The van der Waals surface area contributed by atoms with Crippen molar-refractivity contribution in [2.45, 2.75) is 32.6 Å². The number of carbonyl (C=O) groups excluding carboxylic acids is 1. The molecule has 1 aromatic rings. The number of ketones is 1. The lowest BCUT2D eigenvalue weighted by atomic mass is 9.73. The molecule has 1 aliphatic rings. The van der Waals surface area contributed by atoms with Crippen LogP contribution >= 0.6 is 15.9 Å². The second-order valence-corrected chi connectivity index (χ2v) is 5.59. The van der Waals surface area contributed by atoms with Crippen molar-refractivity contribution in [1.82, 2.24) is 5.32 Å². The average Bonchev–Trinajstić information content (AvgIpc) is 2.76. The number of halogens is 1. The van der Waals surface area contributed by atoms with Crippen LogP contribution in [0.2, 0.25) is 0 Å². The van der Waals surface area contributed by atoms with E-state index in [9.17, 15) is 4.79 Å². The topological polar surface area (TPSA) is 42.2 Å². The van der Waals surface area contributed by atoms with Gasteiger partial charge in [-0.2, -0.15) is 0 Å². The molecule has 1 unspecified atom stereocenters. The number of piperidine rings is 1. The largest absolute Gasteiger partial charge is 0.460 e. The first kappa shape index (κ1) is 12.8. The normalized spacial score (nSPS) is 24.8. The van der Waals surface area contributed by atoms with Gasteiger partial charge in [-0.3, -0.25) is 4.79 Å². The molecule has 1 saturated heterocycles. The van der Waals surface area contributed by atoms with Gasteiger partial charge in [0.1, 0.15) is 0 Å². The highest BCUT2D eigenvalue weighted by Crippen LogP contribution is 2.37. The van der Waals surface area contributed by atoms with Crippen molar-refractivity contribution in [3.8, 4) is 0 Å². The molecule has 1 aliphatic heterocycles. The monoisotopic (exact) mass is 299 g/mol. The van der Waals surface area contributed by atoms with Crippen molar-refractivity contribution < 1.29 is 9.21 Å². The smallest absolute Gasteiger partial charge is 0.206 e. The summed E-state index contributed by atoms with van der Waals surface area (Å²) >= 11 is 3.37. The Hall–Kier alpha value is -0.610. The Kier molecular flexibility index (Phi) is 4.05. The highest BCUT2D eigenvalue weighted by Gasteiger charge is 2.41. The molecule has 1 atom stereocenters. The maximum atomic E-state index is 12.6. The first-order valence-electron chi connectivity index (χ1n) is 6.18. The van der Waals surface area contributed by atoms with E-state index in [-0.39, 0.29) is 11.2 Å². The number of hydrogen-bond acceptors (Lipinski definition) is 3. The Morgan fingerprint density at radius 3 is 3.00 bits per heavy atom. The van der Waals surface area contributed by atoms with Crippen molar-refractivity contribution in [2.24, 2.45) is 5.41 Å². The standard InChI is InChI=1S/C13H18BrNO2/c1-2-5-13(6-3-7-15-9-13)12(16)11-10(14)4-8-17-11/h4,8,15H,2-3,5-7,9H2,1H3. The van der Waals surface area contributed by atoms with Gasteiger partial charge in [0.2, 0.25) is 5.78 Å². The van der Waals surface area contributed by atoms with Crippen molar-refractivity contribution >= 4 is 21.7 Å². The molecule has 3 nitrogen and oxygen atoms in total. The average molecular weight is 300 g/mol. The molecule has 1 aromatic heterocycles. The summed E-state index contributed by atoms with van der Waals surface area (Å²) in [5.74, 6) is 0.616. The molecular weight excluding hydrogens is 282 g/mol. The molecule has 94 valence electrons. The Morgan fingerprint density at radius 1 is 1.65 bits per heavy atom. The number of furan rings is 1. The second-order valence-electron chi connectivity index (χ2n) is 4.74. The van der Waals surface area contributed by atoms with E-state index in [4.69, 9.17) is 4.42 Å². The molecule has 1 fully saturated rings. The zero-order valence-electron chi connectivity index (χ0n) is 10.1. The van der Waals surface area contributed by atoms with Crippen LogP contribution in [0.3, 0.4) is 0 Å². The Bertz CT molecular complexity index is 388. The summed E-state index contributed by atoms with van der Waals surface area (Å²) in [5, 5.41) is 3.34. The van der Waals surface area contributed by atoms with Gasteiger partial charge >= 0.3 is 0 Å². The molecule has 2 rings (SSSR count). The van der Waals surface area contributed by atoms with E-state index in [2.05, 4.69) is 28.2 Å². The summed E-state index contributed by atoms with van der Waals surface area (Å²) in [7, 11) is 0. The van der Waals surface area contributed by atoms with E-state index in [1.807, 2.05) is 0 Å². The van der Waals surface area contributed by atoms with Gasteiger partial charge in [-0.05, 0) is 47.8 Å². The lowest BCUT2D eigenvalue weighted by Crippen LogP contribution is -2.45. The SMILES string of the molecule is CCCC1(C(=O)c2occc2Br)CCCNC1. The van der Waals surface area contributed by atoms with Gasteiger partial charge in [0.25, 0.3) is 0 Å². The minimum atomic E-state index is -0.270. The number of Topliss-reactive ketones (excluding diaryl/α,β-unsaturated/α-hetero) is 1. The number of carbonyl (C=O) groups is 1. The third-order valence-corrected chi connectivity index (χ3v) is 4.13. The van der Waals surface area contributed by atoms with Crippen molar-refractivity contribution in [3.63, 3.8) is 0 Å². The van der Waals surface area contributed by atoms with Crippen LogP contribution in [0.5, 0.6) is 0 Å². The van der Waals surface area contributed by atoms with Gasteiger partial charge in [0.05, 0.1) is 10.7 Å². The summed E-state index contributed by atoms with van der Waals surface area (Å²) in [4.78, 5) is 12.6. The van der Waals surface area contributed by atoms with Gasteiger partial charge < -0.3 is 9.73 Å². The molecule has 4 heteroatoms. The fourth-order valence-corrected chi connectivity index (χ4v) is 3.05. The van der Waals surface area contributed by atoms with E-state index < -0.39 is 0 Å². The van der Waals surface area contributed by atoms with Crippen molar-refractivity contribution in [1.29, 1.82) is 0 Å². The molecule has 1 N–H and O–H groups in total. The van der Waals surface area contributed by atoms with Crippen LogP contribution in [0.15, 0.2) is 21.2 Å². The van der Waals surface area contributed by atoms with Crippen LogP contribution < -0.4 is 5.32 Å². The van der Waals surface area contributed by atoms with E-state index in [0.717, 1.165) is 43.2 Å². The molecule has 0 aliphatic carbocycles. The van der Waals surface area contributed by atoms with Crippen molar-refractivity contribution in [2.75, 3.05) is 13.1 Å².